The van der Waals surface area contributed by atoms with E-state index in [2.05, 4.69) is 25.8 Å². The Morgan fingerprint density at radius 2 is 1.97 bits per heavy atom. The first kappa shape index (κ1) is 23.5. The third-order valence-corrected chi connectivity index (χ3v) is 4.09. The summed E-state index contributed by atoms with van der Waals surface area (Å²) in [6.45, 7) is 5.83. The van der Waals surface area contributed by atoms with Crippen molar-refractivity contribution in [2.45, 2.75) is 39.1 Å². The molecule has 30 heavy (non-hydrogen) atoms. The number of halogens is 3. The van der Waals surface area contributed by atoms with E-state index in [1.807, 2.05) is 18.4 Å². The number of aliphatic hydroxyl groups is 1. The summed E-state index contributed by atoms with van der Waals surface area (Å²) in [5, 5.41) is 24.2. The molecule has 0 saturated carbocycles. The van der Waals surface area contributed by atoms with Crippen LogP contribution in [0.25, 0.3) is 0 Å². The van der Waals surface area contributed by atoms with Crippen LogP contribution in [0.4, 0.5) is 13.2 Å². The molecule has 0 spiro atoms. The van der Waals surface area contributed by atoms with Gasteiger partial charge in [0.2, 0.25) is 0 Å². The summed E-state index contributed by atoms with van der Waals surface area (Å²) in [7, 11) is 0. The number of alkyl halides is 3. The van der Waals surface area contributed by atoms with Gasteiger partial charge in [-0.25, -0.2) is 0 Å². The van der Waals surface area contributed by atoms with Gasteiger partial charge < -0.3 is 25.0 Å². The topological polar surface area (TPSA) is 96.6 Å². The summed E-state index contributed by atoms with van der Waals surface area (Å²) in [5.41, 5.74) is -0.751. The average Bonchev–Trinajstić information content (AvgIpc) is 3.17. The second-order valence-corrected chi connectivity index (χ2v) is 6.43. The quantitative estimate of drug-likeness (QED) is 0.395. The fraction of sp³-hybridized carbons (Fsp3) is 0.526. The highest BCUT2D eigenvalue weighted by molar-refractivity contribution is 5.79. The van der Waals surface area contributed by atoms with Crippen LogP contribution in [0.3, 0.4) is 0 Å². The third kappa shape index (κ3) is 7.54. The molecule has 1 heterocycles. The minimum Gasteiger partial charge on any atom is -0.491 e. The number of aliphatic hydroxyl groups excluding tert-OH is 1. The molecule has 0 aliphatic rings. The van der Waals surface area contributed by atoms with E-state index in [0.29, 0.717) is 25.6 Å². The zero-order chi connectivity index (χ0) is 22.0. The van der Waals surface area contributed by atoms with Crippen LogP contribution in [0, 0.1) is 0 Å². The molecule has 1 aromatic heterocycles. The highest BCUT2D eigenvalue weighted by Crippen LogP contribution is 2.30. The molecule has 0 aliphatic heterocycles. The molecule has 8 nitrogen and oxygen atoms in total. The van der Waals surface area contributed by atoms with Crippen molar-refractivity contribution in [3.05, 3.63) is 42.0 Å². The molecular formula is C19H27F3N6O2. The normalized spacial score (nSPS) is 13.2. The lowest BCUT2D eigenvalue weighted by molar-refractivity contribution is -0.137. The van der Waals surface area contributed by atoms with Gasteiger partial charge >= 0.3 is 6.18 Å². The van der Waals surface area contributed by atoms with Gasteiger partial charge in [0.25, 0.3) is 0 Å². The first-order chi connectivity index (χ1) is 14.3. The number of nitrogens with zero attached hydrogens (tertiary/aromatic N) is 4. The van der Waals surface area contributed by atoms with Crippen molar-refractivity contribution in [3.8, 4) is 5.75 Å². The maximum atomic E-state index is 12.6. The van der Waals surface area contributed by atoms with Crippen molar-refractivity contribution >= 4 is 5.96 Å². The van der Waals surface area contributed by atoms with Crippen LogP contribution in [0.5, 0.6) is 5.75 Å². The number of rotatable bonds is 10. The first-order valence-corrected chi connectivity index (χ1v) is 9.70. The van der Waals surface area contributed by atoms with Crippen LogP contribution in [-0.2, 0) is 19.1 Å². The minimum atomic E-state index is -4.39. The van der Waals surface area contributed by atoms with Crippen molar-refractivity contribution in [3.63, 3.8) is 0 Å². The summed E-state index contributed by atoms with van der Waals surface area (Å²) < 4.78 is 45.0. The van der Waals surface area contributed by atoms with E-state index < -0.39 is 17.8 Å². The Morgan fingerprint density at radius 1 is 1.23 bits per heavy atom. The van der Waals surface area contributed by atoms with Crippen LogP contribution in [0.1, 0.15) is 25.2 Å². The van der Waals surface area contributed by atoms with Crippen LogP contribution >= 0.6 is 0 Å². The molecule has 166 valence electrons. The molecule has 1 atom stereocenters. The molecule has 2 aromatic rings. The third-order valence-electron chi connectivity index (χ3n) is 4.09. The predicted octanol–water partition coefficient (Wildman–Crippen LogP) is 1.85. The number of benzene rings is 1. The molecular weight excluding hydrogens is 401 g/mol. The zero-order valence-corrected chi connectivity index (χ0v) is 17.0. The van der Waals surface area contributed by atoms with Gasteiger partial charge in [-0.2, -0.15) is 13.2 Å². The second-order valence-electron chi connectivity index (χ2n) is 6.43. The number of hydrogen-bond donors (Lipinski definition) is 3. The summed E-state index contributed by atoms with van der Waals surface area (Å²) in [5.74, 6) is 1.68. The van der Waals surface area contributed by atoms with E-state index in [0.717, 1.165) is 24.4 Å². The fourth-order valence-corrected chi connectivity index (χ4v) is 2.56. The zero-order valence-electron chi connectivity index (χ0n) is 17.0. The van der Waals surface area contributed by atoms with E-state index in [9.17, 15) is 18.3 Å². The Balaban J connectivity index is 1.78. The minimum absolute atomic E-state index is 0.0722. The largest absolute Gasteiger partial charge is 0.491 e. The van der Waals surface area contributed by atoms with Crippen LogP contribution in [-0.4, -0.2) is 58.2 Å². The molecule has 0 saturated heterocycles. The second kappa shape index (κ2) is 11.4. The van der Waals surface area contributed by atoms with E-state index in [4.69, 9.17) is 4.74 Å². The summed E-state index contributed by atoms with van der Waals surface area (Å²) in [6, 6.07) is 4.32. The Bertz CT molecular complexity index is 792. The number of hydrogen-bond acceptors (Lipinski definition) is 5. The van der Waals surface area contributed by atoms with Gasteiger partial charge in [-0.3, -0.25) is 4.99 Å². The van der Waals surface area contributed by atoms with Crippen molar-refractivity contribution < 1.29 is 23.0 Å². The van der Waals surface area contributed by atoms with Crippen LogP contribution in [0.15, 0.2) is 35.6 Å². The number of aliphatic imine (C=N–C) groups is 1. The predicted molar refractivity (Wildman–Crippen MR) is 106 cm³/mol. The maximum Gasteiger partial charge on any atom is 0.416 e. The Kier molecular flexibility index (Phi) is 8.90. The van der Waals surface area contributed by atoms with Gasteiger partial charge in [-0.05, 0) is 31.2 Å². The number of aromatic nitrogens is 3. The van der Waals surface area contributed by atoms with Crippen LogP contribution in [0.2, 0.25) is 0 Å². The molecule has 1 unspecified atom stereocenters. The number of guanidine groups is 1. The molecule has 11 heteroatoms. The maximum absolute atomic E-state index is 12.6. The lowest BCUT2D eigenvalue weighted by Gasteiger charge is -2.14. The highest BCUT2D eigenvalue weighted by Gasteiger charge is 2.30. The van der Waals surface area contributed by atoms with Gasteiger partial charge in [0.05, 0.1) is 12.1 Å². The number of ether oxygens (including phenoxy) is 1. The van der Waals surface area contributed by atoms with Crippen molar-refractivity contribution in [1.82, 2.24) is 25.4 Å². The highest BCUT2D eigenvalue weighted by atomic mass is 19.4. The smallest absolute Gasteiger partial charge is 0.416 e. The van der Waals surface area contributed by atoms with E-state index in [-0.39, 0.29) is 18.9 Å². The van der Waals surface area contributed by atoms with Gasteiger partial charge in [-0.15, -0.1) is 10.2 Å². The van der Waals surface area contributed by atoms with Crippen molar-refractivity contribution in [2.24, 2.45) is 4.99 Å². The van der Waals surface area contributed by atoms with Crippen molar-refractivity contribution in [2.75, 3.05) is 26.2 Å². The van der Waals surface area contributed by atoms with Gasteiger partial charge in [-0.1, -0.05) is 6.92 Å². The van der Waals surface area contributed by atoms with Gasteiger partial charge in [0.15, 0.2) is 5.96 Å². The Hall–Kier alpha value is -2.82. The number of aryl methyl sites for hydroxylation is 1. The first-order valence-electron chi connectivity index (χ1n) is 9.70. The van der Waals surface area contributed by atoms with E-state index in [1.165, 1.54) is 12.1 Å². The Morgan fingerprint density at radius 3 is 2.60 bits per heavy atom. The molecule has 0 amide bonds. The molecule has 3 N–H and O–H groups in total. The van der Waals surface area contributed by atoms with E-state index in [1.54, 1.807) is 6.33 Å². The van der Waals surface area contributed by atoms with Gasteiger partial charge in [0, 0.05) is 26.1 Å². The Labute approximate surface area is 173 Å². The summed E-state index contributed by atoms with van der Waals surface area (Å²) >= 11 is 0. The molecule has 2 rings (SSSR count). The SMILES string of the molecule is CCNC(=NCC(O)COc1ccc(C(F)(F)F)cc1)NCCn1cnnc1CC. The van der Waals surface area contributed by atoms with Crippen molar-refractivity contribution in [1.29, 1.82) is 0 Å². The average molecular weight is 428 g/mol. The molecule has 0 bridgehead atoms. The number of nitrogens with one attached hydrogen (secondary N) is 2. The monoisotopic (exact) mass is 428 g/mol. The lowest BCUT2D eigenvalue weighted by atomic mass is 10.2. The molecule has 0 fully saturated rings. The molecule has 1 aromatic carbocycles. The molecule has 0 radical (unpaired) electrons. The van der Waals surface area contributed by atoms with Crippen LogP contribution < -0.4 is 15.4 Å². The summed E-state index contributed by atoms with van der Waals surface area (Å²) in [6.07, 6.45) is -2.84. The van der Waals surface area contributed by atoms with E-state index >= 15 is 0 Å². The van der Waals surface area contributed by atoms with Gasteiger partial charge in [0.1, 0.15) is 30.6 Å². The standard InChI is InChI=1S/C19H27F3N6O2/c1-3-17-27-26-13-28(17)10-9-24-18(23-4-2)25-11-15(29)12-30-16-7-5-14(6-8-16)19(20,21)22/h5-8,13,15,29H,3-4,9-12H2,1-2H3,(H2,23,24,25). The lowest BCUT2D eigenvalue weighted by Crippen LogP contribution is -2.39. The summed E-state index contributed by atoms with van der Waals surface area (Å²) in [4.78, 5) is 4.31. The molecule has 0 aliphatic carbocycles. The fourth-order valence-electron chi connectivity index (χ4n) is 2.56.